The molecule has 2 heterocycles. The molecule has 1 unspecified atom stereocenters. The molecule has 1 fully saturated rings. The van der Waals surface area contributed by atoms with Crippen molar-refractivity contribution in [2.75, 3.05) is 26.3 Å². The Kier molecular flexibility index (Phi) is 4.66. The normalized spacial score (nSPS) is 19.7. The SMILES string of the molecule is CCCc1nc(C(=O)NCC2COCCN2)n[nH]1. The van der Waals surface area contributed by atoms with Crippen LogP contribution in [0.15, 0.2) is 0 Å². The van der Waals surface area contributed by atoms with Gasteiger partial charge in [0.25, 0.3) is 5.91 Å². The molecule has 7 heteroatoms. The van der Waals surface area contributed by atoms with Gasteiger partial charge in [0.2, 0.25) is 5.82 Å². The second kappa shape index (κ2) is 6.46. The lowest BCUT2D eigenvalue weighted by atomic mass is 10.3. The van der Waals surface area contributed by atoms with Crippen LogP contribution in [0.5, 0.6) is 0 Å². The molecule has 3 N–H and O–H groups in total. The third-order valence-electron chi connectivity index (χ3n) is 2.73. The summed E-state index contributed by atoms with van der Waals surface area (Å²) in [5, 5.41) is 12.7. The Balaban J connectivity index is 1.79. The molecular formula is C11H19N5O2. The zero-order valence-corrected chi connectivity index (χ0v) is 10.5. The van der Waals surface area contributed by atoms with Crippen LogP contribution in [0.4, 0.5) is 0 Å². The van der Waals surface area contributed by atoms with E-state index in [4.69, 9.17) is 4.74 Å². The third-order valence-corrected chi connectivity index (χ3v) is 2.73. The molecule has 1 amide bonds. The first-order valence-electron chi connectivity index (χ1n) is 6.30. The molecular weight excluding hydrogens is 234 g/mol. The molecule has 0 bridgehead atoms. The summed E-state index contributed by atoms with van der Waals surface area (Å²) in [6, 6.07) is 0.164. The molecule has 0 radical (unpaired) electrons. The highest BCUT2D eigenvalue weighted by molar-refractivity contribution is 5.90. The number of nitrogens with zero attached hydrogens (tertiary/aromatic N) is 2. The van der Waals surface area contributed by atoms with Gasteiger partial charge in [-0.3, -0.25) is 9.89 Å². The van der Waals surface area contributed by atoms with Gasteiger partial charge in [-0.25, -0.2) is 4.98 Å². The van der Waals surface area contributed by atoms with Crippen molar-refractivity contribution in [1.82, 2.24) is 25.8 Å². The van der Waals surface area contributed by atoms with Crippen molar-refractivity contribution >= 4 is 5.91 Å². The number of aryl methyl sites for hydroxylation is 1. The van der Waals surface area contributed by atoms with Crippen molar-refractivity contribution < 1.29 is 9.53 Å². The van der Waals surface area contributed by atoms with Gasteiger partial charge >= 0.3 is 0 Å². The first-order chi connectivity index (χ1) is 8.79. The molecule has 2 rings (SSSR count). The molecule has 100 valence electrons. The Morgan fingerprint density at radius 2 is 2.50 bits per heavy atom. The lowest BCUT2D eigenvalue weighted by molar-refractivity contribution is 0.0732. The smallest absolute Gasteiger partial charge is 0.291 e. The fraction of sp³-hybridized carbons (Fsp3) is 0.727. The quantitative estimate of drug-likeness (QED) is 0.656. The number of aromatic nitrogens is 3. The fourth-order valence-electron chi connectivity index (χ4n) is 1.79. The van der Waals surface area contributed by atoms with E-state index >= 15 is 0 Å². The highest BCUT2D eigenvalue weighted by Crippen LogP contribution is 1.97. The minimum atomic E-state index is -0.249. The molecule has 1 aromatic rings. The summed E-state index contributed by atoms with van der Waals surface area (Å²) < 4.78 is 5.30. The molecule has 1 atom stereocenters. The van der Waals surface area contributed by atoms with Gasteiger partial charge in [0.1, 0.15) is 5.82 Å². The van der Waals surface area contributed by atoms with Crippen LogP contribution in [0, 0.1) is 0 Å². The number of H-pyrrole nitrogens is 1. The summed E-state index contributed by atoms with van der Waals surface area (Å²) in [5.41, 5.74) is 0. The van der Waals surface area contributed by atoms with Gasteiger partial charge in [0, 0.05) is 25.6 Å². The number of hydrogen-bond acceptors (Lipinski definition) is 5. The zero-order chi connectivity index (χ0) is 12.8. The lowest BCUT2D eigenvalue weighted by Crippen LogP contribution is -2.48. The van der Waals surface area contributed by atoms with Crippen LogP contribution in [0.1, 0.15) is 29.8 Å². The Morgan fingerprint density at radius 3 is 3.22 bits per heavy atom. The van der Waals surface area contributed by atoms with Gasteiger partial charge in [-0.2, -0.15) is 0 Å². The molecule has 0 saturated carbocycles. The summed E-state index contributed by atoms with van der Waals surface area (Å²) in [4.78, 5) is 15.9. The van der Waals surface area contributed by atoms with E-state index in [0.717, 1.165) is 31.8 Å². The number of rotatable bonds is 5. The number of ether oxygens (including phenoxy) is 1. The molecule has 1 saturated heterocycles. The van der Waals surface area contributed by atoms with Gasteiger partial charge in [-0.05, 0) is 6.42 Å². The van der Waals surface area contributed by atoms with E-state index in [9.17, 15) is 4.79 Å². The van der Waals surface area contributed by atoms with Gasteiger partial charge in [-0.15, -0.1) is 5.10 Å². The molecule has 1 aliphatic heterocycles. The Morgan fingerprint density at radius 1 is 1.61 bits per heavy atom. The lowest BCUT2D eigenvalue weighted by Gasteiger charge is -2.23. The van der Waals surface area contributed by atoms with E-state index in [2.05, 4.69) is 32.7 Å². The van der Waals surface area contributed by atoms with E-state index in [1.54, 1.807) is 0 Å². The summed E-state index contributed by atoms with van der Waals surface area (Å²) >= 11 is 0. The van der Waals surface area contributed by atoms with Crippen LogP contribution in [-0.4, -0.2) is 53.4 Å². The van der Waals surface area contributed by atoms with E-state index < -0.39 is 0 Å². The average Bonchev–Trinajstić information content (AvgIpc) is 2.86. The molecule has 0 aromatic carbocycles. The largest absolute Gasteiger partial charge is 0.378 e. The number of carbonyl (C=O) groups is 1. The molecule has 0 spiro atoms. The van der Waals surface area contributed by atoms with Crippen molar-refractivity contribution in [1.29, 1.82) is 0 Å². The minimum absolute atomic E-state index is 0.164. The molecule has 18 heavy (non-hydrogen) atoms. The third kappa shape index (κ3) is 3.51. The van der Waals surface area contributed by atoms with Crippen molar-refractivity contribution in [3.8, 4) is 0 Å². The number of aromatic amines is 1. The van der Waals surface area contributed by atoms with Crippen molar-refractivity contribution in [2.45, 2.75) is 25.8 Å². The second-order valence-electron chi connectivity index (χ2n) is 4.29. The molecule has 0 aliphatic carbocycles. The second-order valence-corrected chi connectivity index (χ2v) is 4.29. The van der Waals surface area contributed by atoms with Crippen molar-refractivity contribution in [2.24, 2.45) is 0 Å². The summed E-state index contributed by atoms with van der Waals surface area (Å²) in [6.45, 7) is 4.75. The highest BCUT2D eigenvalue weighted by atomic mass is 16.5. The van der Waals surface area contributed by atoms with E-state index in [0.29, 0.717) is 13.2 Å². The topological polar surface area (TPSA) is 91.9 Å². The van der Waals surface area contributed by atoms with E-state index in [1.807, 2.05) is 0 Å². The van der Waals surface area contributed by atoms with Crippen LogP contribution in [0.25, 0.3) is 0 Å². The number of amides is 1. The van der Waals surface area contributed by atoms with E-state index in [1.165, 1.54) is 0 Å². The number of carbonyl (C=O) groups excluding carboxylic acids is 1. The highest BCUT2D eigenvalue weighted by Gasteiger charge is 2.16. The Bertz CT molecular complexity index is 387. The van der Waals surface area contributed by atoms with Gasteiger partial charge in [0.05, 0.1) is 13.2 Å². The number of nitrogens with one attached hydrogen (secondary N) is 3. The van der Waals surface area contributed by atoms with E-state index in [-0.39, 0.29) is 17.8 Å². The maximum absolute atomic E-state index is 11.8. The first-order valence-corrected chi connectivity index (χ1v) is 6.30. The van der Waals surface area contributed by atoms with Crippen molar-refractivity contribution in [3.63, 3.8) is 0 Å². The molecule has 1 aromatic heterocycles. The molecule has 1 aliphatic rings. The van der Waals surface area contributed by atoms with Crippen LogP contribution < -0.4 is 10.6 Å². The van der Waals surface area contributed by atoms with Crippen LogP contribution >= 0.6 is 0 Å². The Hall–Kier alpha value is -1.47. The minimum Gasteiger partial charge on any atom is -0.378 e. The maximum Gasteiger partial charge on any atom is 0.291 e. The molecule has 7 nitrogen and oxygen atoms in total. The van der Waals surface area contributed by atoms with Gasteiger partial charge in [0.15, 0.2) is 0 Å². The maximum atomic E-state index is 11.8. The van der Waals surface area contributed by atoms with Gasteiger partial charge < -0.3 is 15.4 Å². The fourth-order valence-corrected chi connectivity index (χ4v) is 1.79. The summed E-state index contributed by atoms with van der Waals surface area (Å²) in [7, 11) is 0. The number of morpholine rings is 1. The summed E-state index contributed by atoms with van der Waals surface area (Å²) in [6.07, 6.45) is 1.78. The predicted octanol–water partition coefficient (Wildman–Crippen LogP) is -0.525. The van der Waals surface area contributed by atoms with Crippen LogP contribution in [0.3, 0.4) is 0 Å². The zero-order valence-electron chi connectivity index (χ0n) is 10.5. The Labute approximate surface area is 106 Å². The van der Waals surface area contributed by atoms with Crippen molar-refractivity contribution in [3.05, 3.63) is 11.6 Å². The number of hydrogen-bond donors (Lipinski definition) is 3. The van der Waals surface area contributed by atoms with Crippen LogP contribution in [0.2, 0.25) is 0 Å². The van der Waals surface area contributed by atoms with Crippen LogP contribution in [-0.2, 0) is 11.2 Å². The average molecular weight is 253 g/mol. The monoisotopic (exact) mass is 253 g/mol. The predicted molar refractivity (Wildman–Crippen MR) is 65.3 cm³/mol. The van der Waals surface area contributed by atoms with Gasteiger partial charge in [-0.1, -0.05) is 6.92 Å². The summed E-state index contributed by atoms with van der Waals surface area (Å²) in [5.74, 6) is 0.706. The standard InChI is InChI=1S/C11H19N5O2/c1-2-3-9-14-10(16-15-9)11(17)13-6-8-7-18-5-4-12-8/h8,12H,2-7H2,1H3,(H,13,17)(H,14,15,16). The first kappa shape index (κ1) is 13.0.